The minimum absolute atomic E-state index is 0.104. The number of aldehydes is 1. The van der Waals surface area contributed by atoms with Crippen molar-refractivity contribution in [3.63, 3.8) is 0 Å². The first-order valence-electron chi connectivity index (χ1n) is 9.79. The van der Waals surface area contributed by atoms with Crippen LogP contribution in [0.5, 0.6) is 0 Å². The predicted molar refractivity (Wildman–Crippen MR) is 106 cm³/mol. The Bertz CT molecular complexity index is 854. The standard InChI is InChI=1S/C23H25NO5/c1-23(2)28-18(14-25)20(29-23)19-21(27-15-17-11-7-4-8-12-17)22(26)24(19)13-16-9-5-3-6-10-16/h3-12,14,18-21H,13,15H2,1-2H3/t18-,19-,20+,21+/m1/s1. The van der Waals surface area contributed by atoms with Gasteiger partial charge < -0.3 is 23.9 Å². The second-order valence-corrected chi connectivity index (χ2v) is 7.86. The molecule has 4 rings (SSSR count). The first-order valence-corrected chi connectivity index (χ1v) is 9.79. The van der Waals surface area contributed by atoms with Crippen molar-refractivity contribution in [2.24, 2.45) is 0 Å². The van der Waals surface area contributed by atoms with E-state index in [0.29, 0.717) is 13.2 Å². The van der Waals surface area contributed by atoms with Gasteiger partial charge in [-0.05, 0) is 25.0 Å². The zero-order valence-corrected chi connectivity index (χ0v) is 16.6. The van der Waals surface area contributed by atoms with Crippen molar-refractivity contribution < 1.29 is 23.8 Å². The van der Waals surface area contributed by atoms with E-state index in [1.807, 2.05) is 60.7 Å². The van der Waals surface area contributed by atoms with Crippen molar-refractivity contribution >= 4 is 12.2 Å². The van der Waals surface area contributed by atoms with Crippen molar-refractivity contribution in [2.45, 2.75) is 57.1 Å². The molecule has 2 aromatic carbocycles. The fourth-order valence-corrected chi connectivity index (χ4v) is 3.97. The van der Waals surface area contributed by atoms with Crippen LogP contribution in [-0.2, 0) is 37.0 Å². The zero-order chi connectivity index (χ0) is 20.4. The number of ether oxygens (including phenoxy) is 3. The van der Waals surface area contributed by atoms with Crippen LogP contribution in [0.15, 0.2) is 60.7 Å². The maximum absolute atomic E-state index is 12.9. The van der Waals surface area contributed by atoms with Gasteiger partial charge in [-0.25, -0.2) is 0 Å². The van der Waals surface area contributed by atoms with Crippen LogP contribution < -0.4 is 0 Å². The van der Waals surface area contributed by atoms with Gasteiger partial charge in [0.05, 0.1) is 12.6 Å². The molecule has 2 aliphatic heterocycles. The quantitative estimate of drug-likeness (QED) is 0.533. The first-order chi connectivity index (χ1) is 14.0. The Labute approximate surface area is 170 Å². The molecule has 2 aromatic rings. The Balaban J connectivity index is 1.55. The number of nitrogens with zero attached hydrogens (tertiary/aromatic N) is 1. The van der Waals surface area contributed by atoms with Crippen LogP contribution in [0, 0.1) is 0 Å². The van der Waals surface area contributed by atoms with Gasteiger partial charge in [0.1, 0.15) is 12.2 Å². The van der Waals surface area contributed by atoms with Gasteiger partial charge in [0.25, 0.3) is 5.91 Å². The summed E-state index contributed by atoms with van der Waals surface area (Å²) in [5.74, 6) is -0.996. The van der Waals surface area contributed by atoms with Crippen LogP contribution in [0.1, 0.15) is 25.0 Å². The average Bonchev–Trinajstić information content (AvgIpc) is 3.04. The Morgan fingerprint density at radius 3 is 2.24 bits per heavy atom. The number of β-lactam (4-membered cyclic amide) rings is 1. The summed E-state index contributed by atoms with van der Waals surface area (Å²) in [5, 5.41) is 0. The van der Waals surface area contributed by atoms with E-state index >= 15 is 0 Å². The summed E-state index contributed by atoms with van der Waals surface area (Å²) in [5.41, 5.74) is 1.99. The third-order valence-electron chi connectivity index (χ3n) is 5.30. The molecule has 29 heavy (non-hydrogen) atoms. The average molecular weight is 395 g/mol. The molecule has 0 saturated carbocycles. The zero-order valence-electron chi connectivity index (χ0n) is 16.6. The van der Waals surface area contributed by atoms with Gasteiger partial charge in [-0.15, -0.1) is 0 Å². The number of benzene rings is 2. The Hall–Kier alpha value is -2.54. The lowest BCUT2D eigenvalue weighted by Crippen LogP contribution is -2.70. The molecule has 0 unspecified atom stereocenters. The fourth-order valence-electron chi connectivity index (χ4n) is 3.97. The monoisotopic (exact) mass is 395 g/mol. The molecule has 0 aliphatic carbocycles. The summed E-state index contributed by atoms with van der Waals surface area (Å²) >= 11 is 0. The third-order valence-corrected chi connectivity index (χ3v) is 5.30. The fraction of sp³-hybridized carbons (Fsp3) is 0.391. The number of likely N-dealkylation sites (tertiary alicyclic amines) is 1. The van der Waals surface area contributed by atoms with Crippen molar-refractivity contribution in [3.8, 4) is 0 Å². The van der Waals surface area contributed by atoms with Crippen LogP contribution in [0.2, 0.25) is 0 Å². The van der Waals surface area contributed by atoms with E-state index in [1.165, 1.54) is 0 Å². The molecular formula is C23H25NO5. The van der Waals surface area contributed by atoms with Crippen molar-refractivity contribution in [3.05, 3.63) is 71.8 Å². The normalized spacial score (nSPS) is 28.2. The Kier molecular flexibility index (Phi) is 5.50. The number of hydrogen-bond acceptors (Lipinski definition) is 5. The van der Waals surface area contributed by atoms with Crippen LogP contribution in [0.3, 0.4) is 0 Å². The van der Waals surface area contributed by atoms with Gasteiger partial charge in [-0.1, -0.05) is 60.7 Å². The number of carbonyl (C=O) groups is 2. The maximum Gasteiger partial charge on any atom is 0.254 e. The maximum atomic E-state index is 12.9. The smallest absolute Gasteiger partial charge is 0.254 e. The molecule has 0 spiro atoms. The molecule has 0 radical (unpaired) electrons. The minimum atomic E-state index is -0.892. The topological polar surface area (TPSA) is 65.1 Å². The van der Waals surface area contributed by atoms with E-state index in [1.54, 1.807) is 18.7 Å². The van der Waals surface area contributed by atoms with Crippen LogP contribution in [0.4, 0.5) is 0 Å². The molecule has 2 aliphatic rings. The minimum Gasteiger partial charge on any atom is -0.361 e. The van der Waals surface area contributed by atoms with E-state index in [4.69, 9.17) is 14.2 Å². The van der Waals surface area contributed by atoms with Crippen LogP contribution in [-0.4, -0.2) is 47.2 Å². The van der Waals surface area contributed by atoms with Crippen molar-refractivity contribution in [1.29, 1.82) is 0 Å². The van der Waals surface area contributed by atoms with Gasteiger partial charge in [0, 0.05) is 6.54 Å². The molecule has 6 nitrogen and oxygen atoms in total. The lowest BCUT2D eigenvalue weighted by atomic mass is 9.89. The molecule has 2 heterocycles. The highest BCUT2D eigenvalue weighted by Gasteiger charge is 2.58. The Morgan fingerprint density at radius 2 is 1.62 bits per heavy atom. The summed E-state index contributed by atoms with van der Waals surface area (Å²) in [6, 6.07) is 19.0. The molecule has 6 heteroatoms. The summed E-state index contributed by atoms with van der Waals surface area (Å²) in [7, 11) is 0. The summed E-state index contributed by atoms with van der Waals surface area (Å²) in [6.45, 7) is 4.29. The molecule has 0 bridgehead atoms. The van der Waals surface area contributed by atoms with Gasteiger partial charge in [-0.2, -0.15) is 0 Å². The highest BCUT2D eigenvalue weighted by molar-refractivity contribution is 5.89. The lowest BCUT2D eigenvalue weighted by Gasteiger charge is -2.49. The van der Waals surface area contributed by atoms with Gasteiger partial charge >= 0.3 is 0 Å². The Morgan fingerprint density at radius 1 is 1.00 bits per heavy atom. The molecule has 0 aromatic heterocycles. The van der Waals surface area contributed by atoms with E-state index in [0.717, 1.165) is 17.4 Å². The van der Waals surface area contributed by atoms with E-state index in [2.05, 4.69) is 0 Å². The molecule has 2 saturated heterocycles. The van der Waals surface area contributed by atoms with Gasteiger partial charge in [-0.3, -0.25) is 4.79 Å². The number of hydrogen-bond donors (Lipinski definition) is 0. The van der Waals surface area contributed by atoms with Crippen LogP contribution >= 0.6 is 0 Å². The van der Waals surface area contributed by atoms with Crippen LogP contribution in [0.25, 0.3) is 0 Å². The second kappa shape index (κ2) is 8.06. The summed E-state index contributed by atoms with van der Waals surface area (Å²) in [6.07, 6.45) is -1.25. The predicted octanol–water partition coefficient (Wildman–Crippen LogP) is 2.70. The van der Waals surface area contributed by atoms with Crippen molar-refractivity contribution in [2.75, 3.05) is 0 Å². The van der Waals surface area contributed by atoms with Crippen molar-refractivity contribution in [1.82, 2.24) is 4.90 Å². The highest BCUT2D eigenvalue weighted by Crippen LogP contribution is 2.38. The number of carbonyl (C=O) groups excluding carboxylic acids is 2. The molecule has 2 fully saturated rings. The highest BCUT2D eigenvalue weighted by atomic mass is 16.8. The third kappa shape index (κ3) is 4.10. The SMILES string of the molecule is CC1(C)O[C@H]([C@@H]2[C@H](OCc3ccccc3)C(=O)N2Cc2ccccc2)[C@@H](C=O)O1. The first kappa shape index (κ1) is 19.8. The molecule has 0 N–H and O–H groups in total. The molecule has 1 amide bonds. The molecule has 4 atom stereocenters. The number of amides is 1. The summed E-state index contributed by atoms with van der Waals surface area (Å²) < 4.78 is 17.7. The second-order valence-electron chi connectivity index (χ2n) is 7.86. The molecular weight excluding hydrogens is 370 g/mol. The number of rotatable bonds is 7. The van der Waals surface area contributed by atoms with E-state index < -0.39 is 30.1 Å². The van der Waals surface area contributed by atoms with E-state index in [9.17, 15) is 9.59 Å². The lowest BCUT2D eigenvalue weighted by molar-refractivity contribution is -0.199. The molecule has 152 valence electrons. The largest absolute Gasteiger partial charge is 0.361 e. The summed E-state index contributed by atoms with van der Waals surface area (Å²) in [4.78, 5) is 26.3. The van der Waals surface area contributed by atoms with E-state index in [-0.39, 0.29) is 5.91 Å². The van der Waals surface area contributed by atoms with Gasteiger partial charge in [0.15, 0.2) is 18.2 Å². The van der Waals surface area contributed by atoms with Gasteiger partial charge in [0.2, 0.25) is 0 Å².